The Bertz CT molecular complexity index is 1150. The van der Waals surface area contributed by atoms with Crippen LogP contribution in [0.1, 0.15) is 18.5 Å². The summed E-state index contributed by atoms with van der Waals surface area (Å²) in [6.07, 6.45) is 4.92. The predicted octanol–water partition coefficient (Wildman–Crippen LogP) is 1.62. The number of benzene rings is 1. The Balaban J connectivity index is 1.29. The van der Waals surface area contributed by atoms with Crippen molar-refractivity contribution in [2.24, 2.45) is 30.7 Å². The molecule has 1 N–H and O–H groups in total. The Morgan fingerprint density at radius 1 is 1.03 bits per heavy atom. The molecule has 31 heavy (non-hydrogen) atoms. The van der Waals surface area contributed by atoms with E-state index in [1.54, 1.807) is 18.7 Å². The highest BCUT2D eigenvalue weighted by atomic mass is 16.2. The van der Waals surface area contributed by atoms with Crippen LogP contribution in [0.25, 0.3) is 5.69 Å². The molecule has 3 aliphatic rings. The van der Waals surface area contributed by atoms with Crippen molar-refractivity contribution < 1.29 is 14.4 Å². The Labute approximate surface area is 179 Å². The van der Waals surface area contributed by atoms with Crippen LogP contribution in [-0.2, 0) is 21.4 Å². The molecule has 8 nitrogen and oxygen atoms in total. The third kappa shape index (κ3) is 2.89. The molecule has 4 atom stereocenters. The number of rotatable bonds is 5. The summed E-state index contributed by atoms with van der Waals surface area (Å²) in [5.41, 5.74) is 1.19. The second-order valence-corrected chi connectivity index (χ2v) is 8.56. The van der Waals surface area contributed by atoms with Crippen molar-refractivity contribution in [1.82, 2.24) is 14.3 Å². The van der Waals surface area contributed by atoms with Crippen LogP contribution >= 0.6 is 0 Å². The summed E-state index contributed by atoms with van der Waals surface area (Å²) in [6.45, 7) is 1.79. The maximum Gasteiger partial charge on any atom is 0.295 e. The van der Waals surface area contributed by atoms with E-state index in [1.165, 1.54) is 9.58 Å². The minimum atomic E-state index is -0.398. The zero-order chi connectivity index (χ0) is 21.9. The van der Waals surface area contributed by atoms with Crippen molar-refractivity contribution >= 4 is 23.4 Å². The lowest BCUT2D eigenvalue weighted by Crippen LogP contribution is -2.35. The van der Waals surface area contributed by atoms with E-state index in [2.05, 4.69) is 5.32 Å². The first-order valence-corrected chi connectivity index (χ1v) is 10.6. The van der Waals surface area contributed by atoms with E-state index in [0.717, 1.165) is 6.42 Å². The third-order valence-corrected chi connectivity index (χ3v) is 6.94. The average molecular weight is 420 g/mol. The van der Waals surface area contributed by atoms with E-state index in [9.17, 15) is 19.2 Å². The first-order valence-electron chi connectivity index (χ1n) is 10.6. The SMILES string of the molecule is Cc1c(NC(=O)CCN2C(=O)[C@H]3[C@H](C2=O)[C@H]2C=C[C@H]3C2)c(=O)n(-c2ccccc2)n1C. The second-order valence-electron chi connectivity index (χ2n) is 8.56. The fourth-order valence-corrected chi connectivity index (χ4v) is 5.31. The number of fused-ring (bicyclic) bond motifs is 5. The number of carbonyl (C=O) groups excluding carboxylic acids is 3. The minimum Gasteiger partial charge on any atom is -0.320 e. The van der Waals surface area contributed by atoms with Gasteiger partial charge < -0.3 is 5.32 Å². The number of hydrogen-bond acceptors (Lipinski definition) is 4. The molecule has 1 saturated heterocycles. The average Bonchev–Trinajstić information content (AvgIpc) is 3.48. The molecule has 160 valence electrons. The lowest BCUT2D eigenvalue weighted by molar-refractivity contribution is -0.140. The van der Waals surface area contributed by atoms with Gasteiger partial charge in [0.1, 0.15) is 5.69 Å². The van der Waals surface area contributed by atoms with Gasteiger partial charge in [0.05, 0.1) is 23.2 Å². The van der Waals surface area contributed by atoms with E-state index in [-0.39, 0.29) is 59.7 Å². The number of para-hydroxylation sites is 1. The van der Waals surface area contributed by atoms with Crippen LogP contribution in [0.15, 0.2) is 47.3 Å². The summed E-state index contributed by atoms with van der Waals surface area (Å²) in [4.78, 5) is 52.3. The summed E-state index contributed by atoms with van der Waals surface area (Å²) in [7, 11) is 1.75. The summed E-state index contributed by atoms with van der Waals surface area (Å²) < 4.78 is 3.17. The number of carbonyl (C=O) groups is 3. The van der Waals surface area contributed by atoms with Gasteiger partial charge in [0.2, 0.25) is 17.7 Å². The molecule has 2 aliphatic carbocycles. The molecule has 0 radical (unpaired) electrons. The first-order chi connectivity index (χ1) is 14.9. The molecule has 0 spiro atoms. The number of aromatic nitrogens is 2. The van der Waals surface area contributed by atoms with Crippen molar-refractivity contribution in [2.75, 3.05) is 11.9 Å². The highest BCUT2D eigenvalue weighted by molar-refractivity contribution is 6.06. The topological polar surface area (TPSA) is 93.4 Å². The zero-order valence-electron chi connectivity index (χ0n) is 17.4. The maximum absolute atomic E-state index is 12.9. The summed E-state index contributed by atoms with van der Waals surface area (Å²) >= 11 is 0. The fourth-order valence-electron chi connectivity index (χ4n) is 5.31. The number of hydrogen-bond donors (Lipinski definition) is 1. The molecule has 2 bridgehead atoms. The molecule has 1 aliphatic heterocycles. The van der Waals surface area contributed by atoms with E-state index in [0.29, 0.717) is 11.4 Å². The number of likely N-dealkylation sites (tertiary alicyclic amines) is 1. The summed E-state index contributed by atoms with van der Waals surface area (Å²) in [5, 5.41) is 2.69. The van der Waals surface area contributed by atoms with Crippen LogP contribution in [0, 0.1) is 30.6 Å². The van der Waals surface area contributed by atoms with Crippen molar-refractivity contribution in [3.63, 3.8) is 0 Å². The number of allylic oxidation sites excluding steroid dienone is 2. The molecule has 1 saturated carbocycles. The smallest absolute Gasteiger partial charge is 0.295 e. The van der Waals surface area contributed by atoms with Crippen molar-refractivity contribution in [1.29, 1.82) is 0 Å². The van der Waals surface area contributed by atoms with E-state index < -0.39 is 5.91 Å². The minimum absolute atomic E-state index is 0.0364. The standard InChI is InChI=1S/C23H24N4O4/c1-13-20(23(31)27(25(13)2)16-6-4-3-5-7-16)24-17(28)10-11-26-21(29)18-14-8-9-15(12-14)19(18)22(26)30/h3-9,14-15,18-19H,10-12H2,1-2H3,(H,24,28)/t14-,15-,18+,19+/m0/s1. The normalized spacial score (nSPS) is 26.1. The Morgan fingerprint density at radius 3 is 2.26 bits per heavy atom. The van der Waals surface area contributed by atoms with Crippen LogP contribution in [-0.4, -0.2) is 38.5 Å². The molecule has 2 fully saturated rings. The lowest BCUT2D eigenvalue weighted by Gasteiger charge is -2.16. The van der Waals surface area contributed by atoms with Gasteiger partial charge >= 0.3 is 0 Å². The molecule has 8 heteroatoms. The molecule has 3 amide bonds. The Morgan fingerprint density at radius 2 is 1.65 bits per heavy atom. The van der Waals surface area contributed by atoms with Gasteiger partial charge in [-0.05, 0) is 37.3 Å². The van der Waals surface area contributed by atoms with Crippen LogP contribution < -0.4 is 10.9 Å². The zero-order valence-corrected chi connectivity index (χ0v) is 17.4. The molecule has 5 rings (SSSR count). The molecule has 1 aromatic carbocycles. The van der Waals surface area contributed by atoms with E-state index in [4.69, 9.17) is 0 Å². The Kier molecular flexibility index (Phi) is 4.46. The number of nitrogens with one attached hydrogen (secondary N) is 1. The number of anilines is 1. The van der Waals surface area contributed by atoms with Crippen LogP contribution in [0.4, 0.5) is 5.69 Å². The van der Waals surface area contributed by atoms with Gasteiger partial charge in [-0.25, -0.2) is 4.68 Å². The van der Waals surface area contributed by atoms with Gasteiger partial charge in [-0.3, -0.25) is 28.8 Å². The molecule has 0 unspecified atom stereocenters. The van der Waals surface area contributed by atoms with Gasteiger partial charge in [-0.1, -0.05) is 30.4 Å². The van der Waals surface area contributed by atoms with Crippen molar-refractivity contribution in [3.8, 4) is 5.69 Å². The molecule has 1 aromatic heterocycles. The van der Waals surface area contributed by atoms with Gasteiger partial charge in [0.15, 0.2) is 0 Å². The van der Waals surface area contributed by atoms with Crippen LogP contribution in [0.3, 0.4) is 0 Å². The molecule has 2 heterocycles. The van der Waals surface area contributed by atoms with Gasteiger partial charge in [0, 0.05) is 20.0 Å². The van der Waals surface area contributed by atoms with E-state index in [1.807, 2.05) is 42.5 Å². The maximum atomic E-state index is 12.9. The quantitative estimate of drug-likeness (QED) is 0.588. The van der Waals surface area contributed by atoms with Gasteiger partial charge in [-0.2, -0.15) is 0 Å². The molecular formula is C23H24N4O4. The van der Waals surface area contributed by atoms with Gasteiger partial charge in [0.25, 0.3) is 5.56 Å². The highest BCUT2D eigenvalue weighted by Crippen LogP contribution is 2.52. The largest absolute Gasteiger partial charge is 0.320 e. The summed E-state index contributed by atoms with van der Waals surface area (Å²) in [5.74, 6) is -0.962. The monoisotopic (exact) mass is 420 g/mol. The van der Waals surface area contributed by atoms with Crippen LogP contribution in [0.2, 0.25) is 0 Å². The van der Waals surface area contributed by atoms with E-state index >= 15 is 0 Å². The molecular weight excluding hydrogens is 396 g/mol. The van der Waals surface area contributed by atoms with Crippen molar-refractivity contribution in [2.45, 2.75) is 19.8 Å². The predicted molar refractivity (Wildman–Crippen MR) is 113 cm³/mol. The number of amides is 3. The number of nitrogens with zero attached hydrogens (tertiary/aromatic N) is 3. The first kappa shape index (κ1) is 19.5. The van der Waals surface area contributed by atoms with Crippen LogP contribution in [0.5, 0.6) is 0 Å². The number of imide groups is 1. The fraction of sp³-hybridized carbons (Fsp3) is 0.391. The Hall–Kier alpha value is -3.42. The summed E-state index contributed by atoms with van der Waals surface area (Å²) in [6, 6.07) is 9.17. The molecule has 2 aromatic rings. The van der Waals surface area contributed by atoms with Gasteiger partial charge in [-0.15, -0.1) is 0 Å². The third-order valence-electron chi connectivity index (χ3n) is 6.94. The highest BCUT2D eigenvalue weighted by Gasteiger charge is 2.59. The second kappa shape index (κ2) is 7.08. The van der Waals surface area contributed by atoms with Crippen molar-refractivity contribution in [3.05, 3.63) is 58.5 Å². The lowest BCUT2D eigenvalue weighted by atomic mass is 9.85.